The Morgan fingerprint density at radius 2 is 1.47 bits per heavy atom. The fourth-order valence-electron chi connectivity index (χ4n) is 8.37. The molecule has 1 fully saturated rings. The SMILES string of the molecule is Cc1cc(Oc2cc(C)cc(-n3c4ccc(C)cc4c4cccnc43)c2)cc(C2=N[C@](C)(C(C)(C)C)C(C)(C)N2C2CCCCC2)c1. The van der Waals surface area contributed by atoms with E-state index in [4.69, 9.17) is 14.7 Å². The Morgan fingerprint density at radius 1 is 0.766 bits per heavy atom. The highest BCUT2D eigenvalue weighted by Gasteiger charge is 2.59. The van der Waals surface area contributed by atoms with E-state index < -0.39 is 0 Å². The van der Waals surface area contributed by atoms with Gasteiger partial charge in [0.05, 0.1) is 22.3 Å². The molecule has 47 heavy (non-hydrogen) atoms. The Labute approximate surface area is 280 Å². The van der Waals surface area contributed by atoms with Crippen molar-refractivity contribution in [1.29, 1.82) is 0 Å². The van der Waals surface area contributed by atoms with Gasteiger partial charge >= 0.3 is 0 Å². The van der Waals surface area contributed by atoms with Crippen molar-refractivity contribution in [3.05, 3.63) is 95.2 Å². The minimum absolute atomic E-state index is 0.00729. The van der Waals surface area contributed by atoms with Crippen molar-refractivity contribution in [2.24, 2.45) is 10.4 Å². The van der Waals surface area contributed by atoms with E-state index in [1.54, 1.807) is 0 Å². The first kappa shape index (κ1) is 31.5. The maximum Gasteiger partial charge on any atom is 0.145 e. The molecule has 3 aromatic carbocycles. The van der Waals surface area contributed by atoms with Gasteiger partial charge in [-0.25, -0.2) is 4.98 Å². The highest BCUT2D eigenvalue weighted by molar-refractivity contribution is 6.08. The van der Waals surface area contributed by atoms with Gasteiger partial charge in [-0.2, -0.15) is 0 Å². The molecule has 7 rings (SSSR count). The monoisotopic (exact) mass is 626 g/mol. The van der Waals surface area contributed by atoms with Gasteiger partial charge in [0.1, 0.15) is 23.0 Å². The smallest absolute Gasteiger partial charge is 0.145 e. The van der Waals surface area contributed by atoms with Crippen LogP contribution in [0.5, 0.6) is 11.5 Å². The fourth-order valence-corrected chi connectivity index (χ4v) is 8.37. The van der Waals surface area contributed by atoms with Crippen LogP contribution in [0.25, 0.3) is 27.6 Å². The molecule has 5 nitrogen and oxygen atoms in total. The lowest BCUT2D eigenvalue weighted by Gasteiger charge is -2.52. The molecule has 1 saturated carbocycles. The summed E-state index contributed by atoms with van der Waals surface area (Å²) in [5.74, 6) is 2.76. The number of aliphatic imine (C=N–C) groups is 1. The molecule has 0 saturated heterocycles. The van der Waals surface area contributed by atoms with Crippen LogP contribution in [0.15, 0.2) is 77.9 Å². The Morgan fingerprint density at radius 3 is 2.19 bits per heavy atom. The van der Waals surface area contributed by atoms with E-state index in [1.165, 1.54) is 48.6 Å². The average Bonchev–Trinajstić information content (AvgIpc) is 3.45. The van der Waals surface area contributed by atoms with Gasteiger partial charge in [0.25, 0.3) is 0 Å². The maximum absolute atomic E-state index is 6.77. The highest BCUT2D eigenvalue weighted by atomic mass is 16.5. The van der Waals surface area contributed by atoms with Crippen molar-refractivity contribution in [3.63, 3.8) is 0 Å². The number of hydrogen-bond acceptors (Lipinski definition) is 4. The predicted molar refractivity (Wildman–Crippen MR) is 196 cm³/mol. The van der Waals surface area contributed by atoms with Crippen LogP contribution in [0, 0.1) is 26.2 Å². The summed E-state index contributed by atoms with van der Waals surface area (Å²) in [5.41, 5.74) is 7.43. The molecular weight excluding hydrogens is 576 g/mol. The van der Waals surface area contributed by atoms with Crippen LogP contribution in [0.4, 0.5) is 0 Å². The average molecular weight is 627 g/mol. The quantitative estimate of drug-likeness (QED) is 0.195. The number of amidine groups is 1. The van der Waals surface area contributed by atoms with Gasteiger partial charge in [0, 0.05) is 34.6 Å². The first-order chi connectivity index (χ1) is 22.3. The van der Waals surface area contributed by atoms with E-state index in [0.29, 0.717) is 6.04 Å². The van der Waals surface area contributed by atoms with Crippen LogP contribution in [0.3, 0.4) is 0 Å². The fraction of sp³-hybridized carbons (Fsp3) is 0.429. The third-order valence-electron chi connectivity index (χ3n) is 11.3. The van der Waals surface area contributed by atoms with Crippen molar-refractivity contribution in [2.45, 2.75) is 112 Å². The lowest BCUT2D eigenvalue weighted by molar-refractivity contribution is 0.0331. The summed E-state index contributed by atoms with van der Waals surface area (Å²) in [4.78, 5) is 13.2. The van der Waals surface area contributed by atoms with E-state index in [0.717, 1.165) is 50.7 Å². The summed E-state index contributed by atoms with van der Waals surface area (Å²) in [6.45, 7) is 20.7. The van der Waals surface area contributed by atoms with Crippen LogP contribution in [0.2, 0.25) is 0 Å². The van der Waals surface area contributed by atoms with Crippen molar-refractivity contribution < 1.29 is 4.74 Å². The normalized spacial score (nSPS) is 20.3. The number of benzene rings is 3. The van der Waals surface area contributed by atoms with E-state index in [9.17, 15) is 0 Å². The summed E-state index contributed by atoms with van der Waals surface area (Å²) in [6.07, 6.45) is 8.23. The summed E-state index contributed by atoms with van der Waals surface area (Å²) >= 11 is 0. The summed E-state index contributed by atoms with van der Waals surface area (Å²) in [6, 6.07) is 24.4. The van der Waals surface area contributed by atoms with Crippen molar-refractivity contribution in [1.82, 2.24) is 14.5 Å². The molecule has 5 heteroatoms. The molecule has 0 amide bonds. The molecule has 0 spiro atoms. The van der Waals surface area contributed by atoms with Gasteiger partial charge in [-0.05, 0) is 126 Å². The number of aryl methyl sites for hydroxylation is 3. The summed E-state index contributed by atoms with van der Waals surface area (Å²) < 4.78 is 9.03. The molecular formula is C42H50N4O. The van der Waals surface area contributed by atoms with E-state index in [1.807, 2.05) is 12.3 Å². The highest BCUT2D eigenvalue weighted by Crippen LogP contribution is 2.51. The molecule has 3 heterocycles. The van der Waals surface area contributed by atoms with Gasteiger partial charge in [-0.1, -0.05) is 51.7 Å². The Hall–Kier alpha value is -4.12. The van der Waals surface area contributed by atoms with Gasteiger partial charge in [0.15, 0.2) is 0 Å². The Bertz CT molecular complexity index is 2020. The molecule has 1 atom stereocenters. The summed E-state index contributed by atoms with van der Waals surface area (Å²) in [7, 11) is 0. The lowest BCUT2D eigenvalue weighted by atomic mass is 9.64. The number of rotatable bonds is 5. The minimum Gasteiger partial charge on any atom is -0.457 e. The number of aromatic nitrogens is 2. The second-order valence-electron chi connectivity index (χ2n) is 15.9. The first-order valence-corrected chi connectivity index (χ1v) is 17.4. The largest absolute Gasteiger partial charge is 0.457 e. The summed E-state index contributed by atoms with van der Waals surface area (Å²) in [5, 5.41) is 2.37. The maximum atomic E-state index is 6.77. The number of pyridine rings is 1. The van der Waals surface area contributed by atoms with Crippen molar-refractivity contribution in [3.8, 4) is 17.2 Å². The number of hydrogen-bond donors (Lipinski definition) is 0. The lowest BCUT2D eigenvalue weighted by Crippen LogP contribution is -2.62. The van der Waals surface area contributed by atoms with Gasteiger partial charge in [0.2, 0.25) is 0 Å². The molecule has 2 aromatic heterocycles. The molecule has 1 aliphatic carbocycles. The zero-order valence-corrected chi connectivity index (χ0v) is 29.7. The van der Waals surface area contributed by atoms with E-state index >= 15 is 0 Å². The second-order valence-corrected chi connectivity index (χ2v) is 15.9. The van der Waals surface area contributed by atoms with Crippen molar-refractivity contribution >= 4 is 27.8 Å². The van der Waals surface area contributed by atoms with Gasteiger partial charge < -0.3 is 9.64 Å². The van der Waals surface area contributed by atoms with Crippen LogP contribution in [0.1, 0.15) is 95.9 Å². The molecule has 0 N–H and O–H groups in total. The molecule has 0 unspecified atom stereocenters. The third kappa shape index (κ3) is 5.23. The molecule has 0 radical (unpaired) electrons. The molecule has 5 aromatic rings. The number of fused-ring (bicyclic) bond motifs is 3. The Kier molecular flexibility index (Phi) is 7.53. The zero-order chi connectivity index (χ0) is 33.3. The topological polar surface area (TPSA) is 42.6 Å². The standard InChI is InChI=1S/C42H50N4O/c1-27-17-18-37-36(24-27)35-16-13-19-43-39(35)45(37)32-21-29(3)23-34(26-32)47-33-22-28(2)20-30(25-33)38-44-42(9,40(4,5)6)41(7,8)46(38)31-14-11-10-12-15-31/h13,16-26,31H,10-12,14-15H2,1-9H3/t42-/m1/s1. The zero-order valence-electron chi connectivity index (χ0n) is 29.7. The first-order valence-electron chi connectivity index (χ1n) is 17.4. The predicted octanol–water partition coefficient (Wildman–Crippen LogP) is 10.9. The van der Waals surface area contributed by atoms with Crippen LogP contribution < -0.4 is 4.74 Å². The second kappa shape index (κ2) is 11.2. The van der Waals surface area contributed by atoms with Gasteiger partial charge in [-0.3, -0.25) is 9.56 Å². The van der Waals surface area contributed by atoms with E-state index in [-0.39, 0.29) is 16.5 Å². The van der Waals surface area contributed by atoms with Crippen molar-refractivity contribution in [2.75, 3.05) is 0 Å². The molecule has 244 valence electrons. The molecule has 1 aliphatic heterocycles. The third-order valence-corrected chi connectivity index (χ3v) is 11.3. The van der Waals surface area contributed by atoms with Gasteiger partial charge in [-0.15, -0.1) is 0 Å². The van der Waals surface area contributed by atoms with E-state index in [2.05, 4.69) is 132 Å². The Balaban J connectivity index is 1.31. The van der Waals surface area contributed by atoms with Crippen LogP contribution in [-0.4, -0.2) is 37.4 Å². The molecule has 0 bridgehead atoms. The van der Waals surface area contributed by atoms with Crippen LogP contribution >= 0.6 is 0 Å². The minimum atomic E-state index is -0.252. The number of ether oxygens (including phenoxy) is 1. The molecule has 2 aliphatic rings. The van der Waals surface area contributed by atoms with Crippen LogP contribution in [-0.2, 0) is 0 Å². The number of nitrogens with zero attached hydrogens (tertiary/aromatic N) is 4.